The van der Waals surface area contributed by atoms with Crippen molar-refractivity contribution in [3.63, 3.8) is 0 Å². The number of aliphatic imine (C=N–C) groups is 1. The van der Waals surface area contributed by atoms with Crippen LogP contribution in [0.25, 0.3) is 10.9 Å². The van der Waals surface area contributed by atoms with Crippen LogP contribution in [-0.2, 0) is 13.0 Å². The molecule has 7 heteroatoms. The number of fused-ring (bicyclic) bond motifs is 1. The number of halogens is 1. The summed E-state index contributed by atoms with van der Waals surface area (Å²) in [6, 6.07) is 12.5. The van der Waals surface area contributed by atoms with Crippen molar-refractivity contribution in [1.82, 2.24) is 25.4 Å². The van der Waals surface area contributed by atoms with Crippen LogP contribution in [-0.4, -0.2) is 40.4 Å². The van der Waals surface area contributed by atoms with E-state index in [1.807, 2.05) is 19.2 Å². The fraction of sp³-hybridized carbons (Fsp3) is 0.409. The van der Waals surface area contributed by atoms with Crippen molar-refractivity contribution >= 4 is 40.8 Å². The predicted molar refractivity (Wildman–Crippen MR) is 131 cm³/mol. The summed E-state index contributed by atoms with van der Waals surface area (Å²) in [7, 11) is 0. The maximum Gasteiger partial charge on any atom is 0.191 e. The Hall–Kier alpha value is -2.16. The van der Waals surface area contributed by atoms with Crippen LogP contribution in [0.15, 0.2) is 47.6 Å². The van der Waals surface area contributed by atoms with Crippen molar-refractivity contribution in [3.05, 3.63) is 59.5 Å². The van der Waals surface area contributed by atoms with Crippen LogP contribution in [0.2, 0.25) is 0 Å². The number of aromatic nitrogens is 3. The van der Waals surface area contributed by atoms with E-state index in [4.69, 9.17) is 4.99 Å². The third-order valence-corrected chi connectivity index (χ3v) is 4.65. The van der Waals surface area contributed by atoms with Gasteiger partial charge in [-0.2, -0.15) is 5.10 Å². The lowest BCUT2D eigenvalue weighted by molar-refractivity contribution is 0.567. The summed E-state index contributed by atoms with van der Waals surface area (Å²) in [5, 5.41) is 12.4. The standard InChI is InChI=1S/C22H30N6.HI/c1-4-23-22(25-13-7-15-28-18(3)16-17(2)27-28)26-14-11-20-9-5-8-19-10-6-12-24-21(19)20;/h5-6,8-10,12,16H,4,7,11,13-15H2,1-3H3,(H2,23,25,26);1H. The zero-order valence-corrected chi connectivity index (χ0v) is 19.8. The number of rotatable bonds is 8. The van der Waals surface area contributed by atoms with Gasteiger partial charge in [0, 0.05) is 43.5 Å². The number of hydrogen-bond acceptors (Lipinski definition) is 3. The molecule has 0 radical (unpaired) electrons. The largest absolute Gasteiger partial charge is 0.357 e. The summed E-state index contributed by atoms with van der Waals surface area (Å²) in [5.74, 6) is 0.865. The maximum absolute atomic E-state index is 4.70. The molecule has 2 aromatic heterocycles. The number of benzene rings is 1. The Kier molecular flexibility index (Phi) is 9.37. The van der Waals surface area contributed by atoms with Gasteiger partial charge in [0.15, 0.2) is 5.96 Å². The van der Waals surface area contributed by atoms with Gasteiger partial charge >= 0.3 is 0 Å². The minimum absolute atomic E-state index is 0. The molecule has 0 saturated carbocycles. The Labute approximate surface area is 190 Å². The Morgan fingerprint density at radius 1 is 1.14 bits per heavy atom. The molecule has 0 atom stereocenters. The highest BCUT2D eigenvalue weighted by Crippen LogP contribution is 2.15. The predicted octanol–water partition coefficient (Wildman–Crippen LogP) is 3.85. The van der Waals surface area contributed by atoms with Crippen LogP contribution in [0.1, 0.15) is 30.3 Å². The van der Waals surface area contributed by atoms with Crippen LogP contribution in [0, 0.1) is 13.8 Å². The Balaban J connectivity index is 0.00000300. The number of guanidine groups is 1. The second-order valence-electron chi connectivity index (χ2n) is 6.93. The molecule has 0 unspecified atom stereocenters. The molecule has 29 heavy (non-hydrogen) atoms. The SMILES string of the molecule is CCNC(=NCCCn1nc(C)cc1C)NCCc1cccc2cccnc12.I. The summed E-state index contributed by atoms with van der Waals surface area (Å²) in [5.41, 5.74) is 4.61. The monoisotopic (exact) mass is 506 g/mol. The summed E-state index contributed by atoms with van der Waals surface area (Å²) in [6.45, 7) is 9.53. The lowest BCUT2D eigenvalue weighted by Gasteiger charge is -2.12. The van der Waals surface area contributed by atoms with Crippen molar-refractivity contribution in [2.45, 2.75) is 40.2 Å². The number of aryl methyl sites for hydroxylation is 3. The average molecular weight is 506 g/mol. The molecule has 0 aliphatic heterocycles. The molecule has 0 aliphatic rings. The van der Waals surface area contributed by atoms with Crippen molar-refractivity contribution in [1.29, 1.82) is 0 Å². The van der Waals surface area contributed by atoms with Gasteiger partial charge in [-0.3, -0.25) is 14.7 Å². The first-order valence-corrected chi connectivity index (χ1v) is 10.0. The fourth-order valence-electron chi connectivity index (χ4n) is 3.34. The second-order valence-corrected chi connectivity index (χ2v) is 6.93. The topological polar surface area (TPSA) is 67.1 Å². The molecule has 0 amide bonds. The minimum atomic E-state index is 0. The van der Waals surface area contributed by atoms with E-state index in [-0.39, 0.29) is 24.0 Å². The zero-order valence-electron chi connectivity index (χ0n) is 17.5. The summed E-state index contributed by atoms with van der Waals surface area (Å²) >= 11 is 0. The van der Waals surface area contributed by atoms with E-state index in [1.165, 1.54) is 16.6 Å². The van der Waals surface area contributed by atoms with Crippen LogP contribution < -0.4 is 10.6 Å². The first-order valence-electron chi connectivity index (χ1n) is 10.0. The van der Waals surface area contributed by atoms with Gasteiger partial charge in [0.2, 0.25) is 0 Å². The lowest BCUT2D eigenvalue weighted by atomic mass is 10.1. The normalized spacial score (nSPS) is 11.3. The van der Waals surface area contributed by atoms with Gasteiger partial charge in [-0.1, -0.05) is 24.3 Å². The van der Waals surface area contributed by atoms with E-state index in [2.05, 4.69) is 69.6 Å². The van der Waals surface area contributed by atoms with Crippen molar-refractivity contribution in [3.8, 4) is 0 Å². The number of para-hydroxylation sites is 1. The Morgan fingerprint density at radius 2 is 1.97 bits per heavy atom. The fourth-order valence-corrected chi connectivity index (χ4v) is 3.34. The summed E-state index contributed by atoms with van der Waals surface area (Å²) < 4.78 is 2.05. The van der Waals surface area contributed by atoms with Crippen LogP contribution >= 0.6 is 24.0 Å². The molecule has 156 valence electrons. The first-order chi connectivity index (χ1) is 13.7. The van der Waals surface area contributed by atoms with E-state index < -0.39 is 0 Å². The highest BCUT2D eigenvalue weighted by atomic mass is 127. The van der Waals surface area contributed by atoms with Crippen molar-refractivity contribution < 1.29 is 0 Å². The van der Waals surface area contributed by atoms with Gasteiger partial charge in [0.25, 0.3) is 0 Å². The molecule has 2 N–H and O–H groups in total. The smallest absolute Gasteiger partial charge is 0.191 e. The Bertz CT molecular complexity index is 929. The quantitative estimate of drug-likeness (QED) is 0.211. The van der Waals surface area contributed by atoms with Gasteiger partial charge in [0.1, 0.15) is 0 Å². The highest BCUT2D eigenvalue weighted by Gasteiger charge is 2.03. The molecule has 0 fully saturated rings. The molecular weight excluding hydrogens is 475 g/mol. The average Bonchev–Trinajstić information content (AvgIpc) is 3.02. The number of hydrogen-bond donors (Lipinski definition) is 2. The number of pyridine rings is 1. The second kappa shape index (κ2) is 11.7. The molecule has 0 aliphatic carbocycles. The first kappa shape index (κ1) is 23.1. The molecular formula is C22H31IN6. The van der Waals surface area contributed by atoms with E-state index >= 15 is 0 Å². The molecule has 2 heterocycles. The molecule has 0 spiro atoms. The molecule has 6 nitrogen and oxygen atoms in total. The van der Waals surface area contributed by atoms with Gasteiger partial charge in [-0.05, 0) is 51.3 Å². The van der Waals surface area contributed by atoms with Crippen LogP contribution in [0.5, 0.6) is 0 Å². The van der Waals surface area contributed by atoms with Crippen LogP contribution in [0.3, 0.4) is 0 Å². The molecule has 0 saturated heterocycles. The van der Waals surface area contributed by atoms with Crippen LogP contribution in [0.4, 0.5) is 0 Å². The van der Waals surface area contributed by atoms with E-state index in [9.17, 15) is 0 Å². The third kappa shape index (κ3) is 6.69. The molecule has 1 aromatic carbocycles. The lowest BCUT2D eigenvalue weighted by Crippen LogP contribution is -2.38. The van der Waals surface area contributed by atoms with Gasteiger partial charge in [-0.25, -0.2) is 0 Å². The highest BCUT2D eigenvalue weighted by molar-refractivity contribution is 14.0. The summed E-state index contributed by atoms with van der Waals surface area (Å²) in [6.07, 6.45) is 3.73. The number of nitrogens with one attached hydrogen (secondary N) is 2. The molecule has 0 bridgehead atoms. The van der Waals surface area contributed by atoms with E-state index in [1.54, 1.807) is 0 Å². The van der Waals surface area contributed by atoms with Gasteiger partial charge < -0.3 is 10.6 Å². The molecule has 3 aromatic rings. The third-order valence-electron chi connectivity index (χ3n) is 4.65. The van der Waals surface area contributed by atoms with E-state index in [0.717, 1.165) is 56.2 Å². The number of nitrogens with zero attached hydrogens (tertiary/aromatic N) is 4. The van der Waals surface area contributed by atoms with Gasteiger partial charge in [0.05, 0.1) is 11.2 Å². The maximum atomic E-state index is 4.70. The summed E-state index contributed by atoms with van der Waals surface area (Å²) in [4.78, 5) is 9.23. The van der Waals surface area contributed by atoms with E-state index in [0.29, 0.717) is 0 Å². The van der Waals surface area contributed by atoms with Crippen molar-refractivity contribution in [2.24, 2.45) is 4.99 Å². The minimum Gasteiger partial charge on any atom is -0.357 e. The molecule has 3 rings (SSSR count). The van der Waals surface area contributed by atoms with Gasteiger partial charge in [-0.15, -0.1) is 24.0 Å². The van der Waals surface area contributed by atoms with Crippen molar-refractivity contribution in [2.75, 3.05) is 19.6 Å². The zero-order chi connectivity index (χ0) is 19.8. The Morgan fingerprint density at radius 3 is 2.72 bits per heavy atom.